The molecule has 6 unspecified atom stereocenters. The molecule has 8 amide bonds. The zero-order chi connectivity index (χ0) is 112. The van der Waals surface area contributed by atoms with Gasteiger partial charge in [0.05, 0.1) is 38.0 Å². The maximum Gasteiger partial charge on any atom is 0.419 e. The summed E-state index contributed by atoms with van der Waals surface area (Å²) in [6.45, 7) is 16.0. The molecule has 14 N–H and O–H groups in total. The number of anilines is 3. The fraction of sp³-hybridized carbons (Fsp3) is 0.459. The van der Waals surface area contributed by atoms with Gasteiger partial charge >= 0.3 is 11.8 Å². The summed E-state index contributed by atoms with van der Waals surface area (Å²) in [7, 11) is -0.357. The van der Waals surface area contributed by atoms with Crippen molar-refractivity contribution in [3.63, 3.8) is 0 Å². The van der Waals surface area contributed by atoms with Crippen LogP contribution < -0.4 is 58.5 Å². The number of carbonyl (C=O) groups is 17. The van der Waals surface area contributed by atoms with Gasteiger partial charge in [-0.05, 0) is 168 Å². The van der Waals surface area contributed by atoms with E-state index in [1.807, 2.05) is 96.0 Å². The third-order valence-electron chi connectivity index (χ3n) is 19.5. The van der Waals surface area contributed by atoms with E-state index in [9.17, 15) is 116 Å². The molecule has 0 aliphatic carbocycles. The molecule has 0 saturated heterocycles. The Morgan fingerprint density at radius 1 is 0.367 bits per heavy atom. The van der Waals surface area contributed by atoms with E-state index in [2.05, 4.69) is 79.4 Å². The lowest BCUT2D eigenvalue weighted by Crippen LogP contribution is -2.47. The van der Waals surface area contributed by atoms with Gasteiger partial charge in [0, 0.05) is 105 Å². The third kappa shape index (κ3) is 74.8. The molecule has 0 aliphatic rings. The normalized spacial score (nSPS) is 11.3. The number of nitrogens with one attached hydrogen (secondary N) is 11. The van der Waals surface area contributed by atoms with E-state index in [1.54, 1.807) is 118 Å². The molecule has 0 saturated carbocycles. The molecule has 0 radical (unpaired) electrons. The molecule has 0 heterocycles. The van der Waals surface area contributed by atoms with Crippen LogP contribution in [0.4, 0.5) is 26.7 Å². The van der Waals surface area contributed by atoms with Crippen molar-refractivity contribution >= 4 is 201 Å². The van der Waals surface area contributed by atoms with Gasteiger partial charge in [-0.2, -0.15) is 25.3 Å². The quantitative estimate of drug-likeness (QED) is 0.00738. The Labute approximate surface area is 891 Å². The number of benzene rings is 6. The average Bonchev–Trinajstić information content (AvgIpc) is 0.840. The number of ketones is 3. The van der Waals surface area contributed by atoms with E-state index in [1.165, 1.54) is 12.1 Å². The van der Waals surface area contributed by atoms with Crippen LogP contribution >= 0.6 is 55.4 Å². The van der Waals surface area contributed by atoms with Gasteiger partial charge in [-0.25, -0.2) is 9.59 Å². The largest absolute Gasteiger partial charge is 0.419 e. The van der Waals surface area contributed by atoms with Crippen LogP contribution in [0.2, 0.25) is 0 Å². The molecule has 0 fully saturated rings. The minimum Gasteiger partial charge on any atom is -0.379 e. The Balaban J connectivity index is 0.00000181. The number of hydrogen-bond donors (Lipinski definition) is 14. The van der Waals surface area contributed by atoms with E-state index < -0.39 is 113 Å². The first-order chi connectivity index (χ1) is 70.5. The van der Waals surface area contributed by atoms with Crippen LogP contribution in [-0.4, -0.2) is 272 Å². The Bertz CT molecular complexity index is 5560. The zero-order valence-corrected chi connectivity index (χ0v) is 93.6. The van der Waals surface area contributed by atoms with Crippen LogP contribution in [0.25, 0.3) is 0 Å². The van der Waals surface area contributed by atoms with Gasteiger partial charge in [0.15, 0.2) is 33.9 Å². The molecule has 832 valence electrons. The topological polar surface area (TPSA) is 641 Å². The third-order valence-corrected chi connectivity index (χ3v) is 23.2. The molecule has 43 nitrogen and oxygen atoms in total. The first-order valence-electron chi connectivity index (χ1n) is 47.1. The molecule has 6 aromatic rings. The summed E-state index contributed by atoms with van der Waals surface area (Å²) in [5, 5.41) is 29.3. The molecule has 0 bridgehead atoms. The van der Waals surface area contributed by atoms with E-state index in [-0.39, 0.29) is 141 Å². The summed E-state index contributed by atoms with van der Waals surface area (Å²) < 4.78 is 126. The number of hydrogen-bond acceptors (Lipinski definition) is 32. The summed E-state index contributed by atoms with van der Waals surface area (Å²) in [6.07, 6.45) is 6.24. The van der Waals surface area contributed by atoms with Crippen LogP contribution in [0.5, 0.6) is 0 Å². The van der Waals surface area contributed by atoms with Gasteiger partial charge in [0.2, 0.25) is 29.5 Å². The number of ether oxygens (including phenoxy) is 6. The fourth-order valence-electron chi connectivity index (χ4n) is 12.0. The Hall–Kier alpha value is -10.1. The lowest BCUT2D eigenvalue weighted by molar-refractivity contribution is -0.129. The smallest absolute Gasteiger partial charge is 0.379 e. The number of rotatable bonds is 65. The number of amides is 8. The number of unbranched alkanes of at least 4 members (excludes halogenated alkanes) is 3. The monoisotopic (exact) mass is 2270 g/mol. The highest BCUT2D eigenvalue weighted by Gasteiger charge is 2.34. The number of Topliss-reactive ketones (excluding diaryl/α,β-unsaturated/α-hetero) is 3. The highest BCUT2D eigenvalue weighted by Crippen LogP contribution is 2.19. The van der Waals surface area contributed by atoms with Crippen molar-refractivity contribution in [2.24, 2.45) is 5.92 Å². The lowest BCUT2D eigenvalue weighted by Gasteiger charge is -2.20. The van der Waals surface area contributed by atoms with Gasteiger partial charge < -0.3 is 81.6 Å². The second-order valence-corrected chi connectivity index (χ2v) is 40.6. The second kappa shape index (κ2) is 81.6. The minimum atomic E-state index is -4.76. The number of likely N-dealkylation sites (N-methyl/N-ethyl adjacent to an activating group) is 2. The maximum absolute atomic E-state index is 12.9. The first kappa shape index (κ1) is 140. The average molecular weight is 2270 g/mol. The van der Waals surface area contributed by atoms with Crippen LogP contribution in [0.3, 0.4) is 0 Å². The Morgan fingerprint density at radius 2 is 0.767 bits per heavy atom. The SMILES string of the molecule is C.CCCCc1ccc(C(=O)N[C@@H](CS(=O)(=O)O)C(=O)CCC(=O)P)cc1.CCCCc1ccc(C(=O)N[C@@H](CS(=O)(=O)O)C(=O)C[C@@H](CS(=O)(=O)O)C(=O)NCCCCC(=O)P)cc1.CCCOCCOCC(=O)NCc1ccc(NC(=O)COCC(=O)P)cc1.CCNCC(=O)Cc1ccc(C(=O)P)cc1.CCNCc1ccc(NC(=O)OC(=O)P)cc1.CNCCOCC(=O)NCc1ccc(NC(=O)COCC(=O)P)cc1. The van der Waals surface area contributed by atoms with Gasteiger partial charge in [-0.1, -0.05) is 186 Å². The van der Waals surface area contributed by atoms with Crippen molar-refractivity contribution in [2.75, 3.05) is 139 Å². The molecule has 6 rings (SSSR count). The highest BCUT2D eigenvalue weighted by atomic mass is 32.2. The summed E-state index contributed by atoms with van der Waals surface area (Å²) in [6, 6.07) is 38.5. The molecule has 9 atom stereocenters. The Morgan fingerprint density at radius 3 is 1.17 bits per heavy atom. The molecule has 0 aromatic heterocycles. The fourth-order valence-corrected chi connectivity index (χ4v) is 15.1. The van der Waals surface area contributed by atoms with E-state index in [0.29, 0.717) is 94.5 Å². The van der Waals surface area contributed by atoms with E-state index in [4.69, 9.17) is 28.2 Å². The highest BCUT2D eigenvalue weighted by molar-refractivity contribution is 7.86. The number of carbonyl (C=O) groups excluding carboxylic acids is 17. The number of aryl methyl sites for hydroxylation is 2. The molecule has 0 aliphatic heterocycles. The standard InChI is InChI=1S/C23H35N2O10PS2.C18H27N2O6P.C17H24NO6PS.C16H24N3O5P.C12H16NO2P.C11H15N2O3P.CH4/c1-2-3-6-16-8-10-17(11-9-16)23(29)25-19(15-38(33,34)35)20(26)13-18(14-37(30,31)32)22(28)24-12-5-4-7-21(27)36;1-2-7-24-8-9-25-11-16(21)19-10-14-3-5-15(6-4-14)20-17(22)12-26-13-18(23)27;1-2-3-4-12-5-7-13(8-6-12)17(21)18-14(11-26(22,23)24)15(19)9-10-16(20)25;1-17-6-7-23-9-14(20)18-8-12-2-4-13(5-3-12)19-15(21)10-24-11-16(22)25;1-2-13-8-11(14)7-9-3-5-10(6-4-9)12(15)16;1-2-12-7-8-3-5-9(6-4-8)13-10(14)16-11(15)17;/h8-11,18-19H,2-7,12-15,36H2,1H3,(H,24,28)(H,25,29)(H,30,31,32)(H,33,34,35);3-6H,2,7-13,27H2,1H3,(H,19,21)(H,20,22);5-8,14H,2-4,9-11,25H2,1H3,(H,18,21)(H,22,23,24);2-5,17H,6-11,25H2,1H3,(H,18,20)(H,19,21);3-6,13H,2,7-8,16H2,1H3;3-6,12H,2,7,17H2,1H3,(H,13,14);1H4/t18-,19-;;14-;;;;/m0.0..../s1. The minimum absolute atomic E-state index is 0. The van der Waals surface area contributed by atoms with Crippen molar-refractivity contribution in [3.05, 3.63) is 196 Å². The van der Waals surface area contributed by atoms with Gasteiger partial charge in [0.25, 0.3) is 42.2 Å². The zero-order valence-electron chi connectivity index (χ0n) is 84.2. The predicted molar refractivity (Wildman–Crippen MR) is 591 cm³/mol. The van der Waals surface area contributed by atoms with Crippen molar-refractivity contribution < 1.29 is 149 Å². The van der Waals surface area contributed by atoms with Crippen LogP contribution in [0, 0.1) is 5.92 Å². The van der Waals surface area contributed by atoms with E-state index >= 15 is 0 Å². The molecular weight excluding hydrogens is 2130 g/mol. The van der Waals surface area contributed by atoms with Crippen molar-refractivity contribution in [1.82, 2.24) is 42.5 Å². The molecule has 52 heteroatoms. The van der Waals surface area contributed by atoms with Crippen molar-refractivity contribution in [3.8, 4) is 0 Å². The Kier molecular flexibility index (Phi) is 76.1. The maximum atomic E-state index is 12.9. The predicted octanol–water partition coefficient (Wildman–Crippen LogP) is 8.33. The van der Waals surface area contributed by atoms with Crippen molar-refractivity contribution in [1.29, 1.82) is 0 Å². The summed E-state index contributed by atoms with van der Waals surface area (Å²) in [5.74, 6) is -9.77. The molecule has 0 spiro atoms. The van der Waals surface area contributed by atoms with Crippen molar-refractivity contribution in [2.45, 2.75) is 164 Å². The summed E-state index contributed by atoms with van der Waals surface area (Å²) in [5.41, 5.74) is 7.12. The molecule has 6 aromatic carbocycles. The van der Waals surface area contributed by atoms with Crippen LogP contribution in [0.15, 0.2) is 146 Å². The first-order valence-corrected chi connectivity index (χ1v) is 55.4. The summed E-state index contributed by atoms with van der Waals surface area (Å²) in [4.78, 5) is 196. The van der Waals surface area contributed by atoms with Crippen LogP contribution in [-0.2, 0) is 155 Å². The summed E-state index contributed by atoms with van der Waals surface area (Å²) >= 11 is 0. The van der Waals surface area contributed by atoms with Crippen LogP contribution in [0.1, 0.15) is 177 Å². The van der Waals surface area contributed by atoms with Gasteiger partial charge in [0.1, 0.15) is 74.3 Å². The molecular formula is C98H145N11O32P6S3. The lowest BCUT2D eigenvalue weighted by atomic mass is 9.99. The van der Waals surface area contributed by atoms with Gasteiger partial charge in [-0.3, -0.25) is 90.9 Å². The second-order valence-electron chi connectivity index (χ2n) is 32.6. The molecule has 150 heavy (non-hydrogen) atoms. The van der Waals surface area contributed by atoms with Gasteiger partial charge in [-0.15, -0.1) is 0 Å². The van der Waals surface area contributed by atoms with E-state index in [0.717, 1.165) is 98.0 Å².